The maximum absolute atomic E-state index is 12.3. The smallest absolute Gasteiger partial charge is 0.306 e. The van der Waals surface area contributed by atoms with E-state index in [-0.39, 0.29) is 11.6 Å². The summed E-state index contributed by atoms with van der Waals surface area (Å²) in [5.74, 6) is -0.176. The predicted octanol–water partition coefficient (Wildman–Crippen LogP) is 3.38. The molecule has 2 rings (SSSR count). The third-order valence-corrected chi connectivity index (χ3v) is 6.77. The molecule has 0 amide bonds. The van der Waals surface area contributed by atoms with Gasteiger partial charge in [0.1, 0.15) is 0 Å². The molecule has 0 aromatic heterocycles. The lowest BCUT2D eigenvalue weighted by molar-refractivity contribution is -0.142. The average molecular weight is 370 g/mol. The maximum Gasteiger partial charge on any atom is 0.306 e. The Kier molecular flexibility index (Phi) is 7.80. The molecule has 138 valence electrons. The Morgan fingerprint density at radius 2 is 1.54 bits per heavy atom. The lowest BCUT2D eigenvalue weighted by atomic mass is 10.2. The van der Waals surface area contributed by atoms with Crippen molar-refractivity contribution in [3.8, 4) is 0 Å². The van der Waals surface area contributed by atoms with E-state index in [1.165, 1.54) is 10.6 Å². The first-order valence-corrected chi connectivity index (χ1v) is 10.2. The largest absolute Gasteiger partial charge is 0.466 e. The highest BCUT2D eigenvalue weighted by Crippen LogP contribution is 2.42. The van der Waals surface area contributed by atoms with Gasteiger partial charge in [-0.2, -0.15) is 5.10 Å². The topological polar surface area (TPSA) is 41.9 Å². The molecule has 4 nitrogen and oxygen atoms in total. The van der Waals surface area contributed by atoms with Gasteiger partial charge in [0, 0.05) is 25.5 Å². The van der Waals surface area contributed by atoms with E-state index in [4.69, 9.17) is 4.74 Å². The molecule has 0 aliphatic heterocycles. The number of rotatable bonds is 8. The van der Waals surface area contributed by atoms with E-state index in [9.17, 15) is 4.79 Å². The second kappa shape index (κ2) is 10.1. The second-order valence-corrected chi connectivity index (χ2v) is 8.55. The minimum atomic E-state index is -0.786. The molecule has 0 N–H and O–H groups in total. The quantitative estimate of drug-likeness (QED) is 0.310. The number of benzene rings is 2. The maximum atomic E-state index is 12.3. The number of hydrazone groups is 1. The summed E-state index contributed by atoms with van der Waals surface area (Å²) in [6.07, 6.45) is 0.326. The highest BCUT2D eigenvalue weighted by molar-refractivity contribution is 7.74. The van der Waals surface area contributed by atoms with E-state index in [1.54, 1.807) is 5.01 Å². The van der Waals surface area contributed by atoms with Crippen molar-refractivity contribution in [3.05, 3.63) is 60.7 Å². The molecule has 0 spiro atoms. The van der Waals surface area contributed by atoms with Crippen LogP contribution >= 0.6 is 7.92 Å². The fourth-order valence-corrected chi connectivity index (χ4v) is 5.63. The van der Waals surface area contributed by atoms with Crippen LogP contribution in [-0.2, 0) is 9.53 Å². The molecular formula is C21H27N2O2P. The van der Waals surface area contributed by atoms with E-state index in [0.29, 0.717) is 13.0 Å². The summed E-state index contributed by atoms with van der Waals surface area (Å²) < 4.78 is 5.25. The lowest BCUT2D eigenvalue weighted by Gasteiger charge is -2.28. The van der Waals surface area contributed by atoms with E-state index >= 15 is 0 Å². The molecule has 2 aromatic rings. The van der Waals surface area contributed by atoms with Crippen LogP contribution in [0.5, 0.6) is 0 Å². The number of carbonyl (C=O) groups is 1. The van der Waals surface area contributed by atoms with Crippen LogP contribution in [0.3, 0.4) is 0 Å². The van der Waals surface area contributed by atoms with Crippen molar-refractivity contribution in [2.75, 3.05) is 20.7 Å². The van der Waals surface area contributed by atoms with Gasteiger partial charge in [-0.05, 0) is 32.4 Å². The molecule has 0 saturated carbocycles. The van der Waals surface area contributed by atoms with Crippen LogP contribution in [0.4, 0.5) is 0 Å². The fraction of sp³-hybridized carbons (Fsp3) is 0.333. The number of hydrogen-bond donors (Lipinski definition) is 0. The number of nitrogens with zero attached hydrogens (tertiary/aromatic N) is 2. The van der Waals surface area contributed by atoms with Gasteiger partial charge in [0.05, 0.1) is 13.0 Å². The fourth-order valence-electron chi connectivity index (χ4n) is 2.87. The van der Waals surface area contributed by atoms with Crippen molar-refractivity contribution < 1.29 is 9.53 Å². The van der Waals surface area contributed by atoms with Crippen molar-refractivity contribution in [1.82, 2.24) is 5.01 Å². The summed E-state index contributed by atoms with van der Waals surface area (Å²) >= 11 is 0. The van der Waals surface area contributed by atoms with E-state index in [1.807, 2.05) is 64.3 Å². The zero-order valence-electron chi connectivity index (χ0n) is 15.9. The van der Waals surface area contributed by atoms with Gasteiger partial charge in [0.2, 0.25) is 0 Å². The SMILES string of the molecule is CCOC(=O)CC(/C(C)=N/N(C)C)P(c1ccccc1)c1ccccc1. The highest BCUT2D eigenvalue weighted by Gasteiger charge is 2.30. The zero-order chi connectivity index (χ0) is 18.9. The molecule has 5 heteroatoms. The summed E-state index contributed by atoms with van der Waals surface area (Å²) in [7, 11) is 3.02. The van der Waals surface area contributed by atoms with Gasteiger partial charge in [-0.1, -0.05) is 60.7 Å². The summed E-state index contributed by atoms with van der Waals surface area (Å²) in [6.45, 7) is 4.24. The van der Waals surface area contributed by atoms with Gasteiger partial charge >= 0.3 is 5.97 Å². The Bertz CT molecular complexity index is 678. The normalized spacial score (nSPS) is 12.7. The first kappa shape index (κ1) is 20.1. The van der Waals surface area contributed by atoms with Crippen molar-refractivity contribution >= 4 is 30.2 Å². The molecule has 0 saturated heterocycles. The minimum absolute atomic E-state index is 0.0174. The Morgan fingerprint density at radius 1 is 1.04 bits per heavy atom. The molecule has 26 heavy (non-hydrogen) atoms. The molecule has 1 unspecified atom stereocenters. The van der Waals surface area contributed by atoms with Crippen LogP contribution in [-0.4, -0.2) is 43.1 Å². The Balaban J connectivity index is 2.51. The van der Waals surface area contributed by atoms with Gasteiger partial charge in [0.25, 0.3) is 0 Å². The van der Waals surface area contributed by atoms with E-state index in [0.717, 1.165) is 5.71 Å². The number of ether oxygens (including phenoxy) is 1. The summed E-state index contributed by atoms with van der Waals surface area (Å²) in [5.41, 5.74) is 0.929. The molecule has 0 bridgehead atoms. The molecular weight excluding hydrogens is 343 g/mol. The van der Waals surface area contributed by atoms with Crippen molar-refractivity contribution in [2.45, 2.75) is 25.9 Å². The minimum Gasteiger partial charge on any atom is -0.466 e. The van der Waals surface area contributed by atoms with Gasteiger partial charge < -0.3 is 9.75 Å². The van der Waals surface area contributed by atoms with Crippen LogP contribution in [0.25, 0.3) is 0 Å². The van der Waals surface area contributed by atoms with Crippen LogP contribution < -0.4 is 10.6 Å². The molecule has 0 radical (unpaired) electrons. The standard InChI is InChI=1S/C21H27N2O2P/c1-5-25-21(24)16-20(17(2)22-23(3)4)26(18-12-8-6-9-13-18)19-14-10-7-11-15-19/h6-15,20H,5,16H2,1-4H3/b22-17+. The van der Waals surface area contributed by atoms with E-state index in [2.05, 4.69) is 29.4 Å². The zero-order valence-corrected chi connectivity index (χ0v) is 16.8. The third kappa shape index (κ3) is 5.67. The predicted molar refractivity (Wildman–Crippen MR) is 111 cm³/mol. The van der Waals surface area contributed by atoms with Crippen molar-refractivity contribution in [3.63, 3.8) is 0 Å². The van der Waals surface area contributed by atoms with Gasteiger partial charge in [-0.25, -0.2) is 0 Å². The monoisotopic (exact) mass is 370 g/mol. The van der Waals surface area contributed by atoms with Crippen LogP contribution in [0.2, 0.25) is 0 Å². The summed E-state index contributed by atoms with van der Waals surface area (Å²) in [4.78, 5) is 12.3. The molecule has 0 aliphatic carbocycles. The second-order valence-electron chi connectivity index (χ2n) is 6.15. The van der Waals surface area contributed by atoms with Crippen LogP contribution in [0.15, 0.2) is 65.8 Å². The van der Waals surface area contributed by atoms with Gasteiger partial charge in [-0.3, -0.25) is 4.79 Å². The molecule has 0 fully saturated rings. The van der Waals surface area contributed by atoms with Crippen LogP contribution in [0, 0.1) is 0 Å². The van der Waals surface area contributed by atoms with E-state index < -0.39 is 7.92 Å². The Morgan fingerprint density at radius 3 is 1.96 bits per heavy atom. The van der Waals surface area contributed by atoms with Crippen LogP contribution in [0.1, 0.15) is 20.3 Å². The lowest BCUT2D eigenvalue weighted by Crippen LogP contribution is -2.31. The molecule has 2 aromatic carbocycles. The highest BCUT2D eigenvalue weighted by atomic mass is 31.1. The molecule has 1 atom stereocenters. The molecule has 0 heterocycles. The molecule has 0 aliphatic rings. The van der Waals surface area contributed by atoms with Gasteiger partial charge in [-0.15, -0.1) is 0 Å². The summed E-state index contributed by atoms with van der Waals surface area (Å²) in [6, 6.07) is 20.8. The number of hydrogen-bond acceptors (Lipinski definition) is 4. The first-order valence-electron chi connectivity index (χ1n) is 8.80. The number of carbonyl (C=O) groups excluding carboxylic acids is 1. The Hall–Kier alpha value is -2.19. The Labute approximate surface area is 157 Å². The van der Waals surface area contributed by atoms with Crippen molar-refractivity contribution in [2.24, 2.45) is 5.10 Å². The summed E-state index contributed by atoms with van der Waals surface area (Å²) in [5, 5.41) is 8.88. The average Bonchev–Trinajstić information content (AvgIpc) is 2.62. The third-order valence-electron chi connectivity index (χ3n) is 3.89. The number of esters is 1. The first-order chi connectivity index (χ1) is 12.5. The van der Waals surface area contributed by atoms with Gasteiger partial charge in [0.15, 0.2) is 0 Å². The van der Waals surface area contributed by atoms with Crippen molar-refractivity contribution in [1.29, 1.82) is 0 Å².